The fourth-order valence-corrected chi connectivity index (χ4v) is 7.89. The Balaban J connectivity index is 0.000000197. The molecular weight excluding hydrogens is 602 g/mol. The van der Waals surface area contributed by atoms with Crippen LogP contribution < -0.4 is 5.19 Å². The van der Waals surface area contributed by atoms with Gasteiger partial charge in [0, 0.05) is 10.2 Å². The van der Waals surface area contributed by atoms with Crippen LogP contribution in [-0.2, 0) is 26.2 Å². The van der Waals surface area contributed by atoms with Crippen LogP contribution in [0.5, 0.6) is 0 Å². The maximum atomic E-state index is 8.34. The Labute approximate surface area is 280 Å². The minimum Gasteiger partial charge on any atom is -0.672 e. The van der Waals surface area contributed by atoms with Crippen LogP contribution in [-0.4, -0.2) is 15.8 Å². The second kappa shape index (κ2) is 16.3. The Kier molecular flexibility index (Phi) is 14.1. The third-order valence-corrected chi connectivity index (χ3v) is 9.79. The van der Waals surface area contributed by atoms with E-state index in [1.165, 1.54) is 71.6 Å². The van der Waals surface area contributed by atoms with Crippen LogP contribution in [0, 0.1) is 36.7 Å². The molecule has 0 spiro atoms. The van der Waals surface area contributed by atoms with Crippen LogP contribution in [0.2, 0.25) is 0 Å². The van der Waals surface area contributed by atoms with E-state index in [2.05, 4.69) is 101 Å². The first kappa shape index (κ1) is 36.4. The third-order valence-electron chi connectivity index (χ3n) is 9.31. The smallest absolute Gasteiger partial charge is 0.672 e. The average Bonchev–Trinajstić information content (AvgIpc) is 3.14. The van der Waals surface area contributed by atoms with Crippen molar-refractivity contribution in [1.29, 1.82) is 0 Å². The van der Waals surface area contributed by atoms with Gasteiger partial charge in [-0.2, -0.15) is 11.1 Å². The molecule has 5 aliphatic carbocycles. The van der Waals surface area contributed by atoms with Crippen molar-refractivity contribution >= 4 is 15.4 Å². The summed E-state index contributed by atoms with van der Waals surface area (Å²) in [6.45, 7) is 11.1. The van der Waals surface area contributed by atoms with Gasteiger partial charge in [-0.15, -0.1) is 12.5 Å². The van der Waals surface area contributed by atoms with E-state index >= 15 is 0 Å². The van der Waals surface area contributed by atoms with Gasteiger partial charge in [0.15, 0.2) is 0 Å². The van der Waals surface area contributed by atoms with Crippen LogP contribution in [0.4, 0.5) is 0 Å². The summed E-state index contributed by atoms with van der Waals surface area (Å²) in [4.78, 5) is 0. The Bertz CT molecular complexity index is 1210. The van der Waals surface area contributed by atoms with Crippen LogP contribution >= 0.6 is 0 Å². The summed E-state index contributed by atoms with van der Waals surface area (Å²) < 4.78 is 0. The molecule has 0 heterocycles. The fraction of sp³-hybridized carbons (Fsp3) is 0.410. The van der Waals surface area contributed by atoms with Crippen molar-refractivity contribution in [1.82, 2.24) is 0 Å². The summed E-state index contributed by atoms with van der Waals surface area (Å²) in [7, 11) is 1.90. The predicted octanol–water partition coefficient (Wildman–Crippen LogP) is 9.87. The molecule has 0 amide bonds. The van der Waals surface area contributed by atoms with Gasteiger partial charge in [-0.25, -0.2) is 5.57 Å². The summed E-state index contributed by atoms with van der Waals surface area (Å²) in [5.41, 5.74) is 15.7. The molecule has 2 radical (unpaired) electrons. The number of hydrogen-bond acceptors (Lipinski definition) is 0. The summed E-state index contributed by atoms with van der Waals surface area (Å²) in [6.07, 6.45) is 11.3. The molecule has 0 aromatic heterocycles. The Morgan fingerprint density at radius 1 is 0.738 bits per heavy atom. The number of rotatable bonds is 1. The van der Waals surface area contributed by atoms with E-state index < -0.39 is 0 Å². The molecule has 3 aromatic rings. The number of nitrogens with one attached hydrogen (secondary N) is 1. The van der Waals surface area contributed by atoms with Gasteiger partial charge in [-0.05, 0) is 47.6 Å². The predicted molar refractivity (Wildman–Crippen MR) is 183 cm³/mol. The average molecular weight is 653 g/mol. The molecule has 1 nitrogen and oxygen atoms in total. The quantitative estimate of drug-likeness (QED) is 0.185. The Morgan fingerprint density at radius 2 is 1.17 bits per heavy atom. The van der Waals surface area contributed by atoms with E-state index in [4.69, 9.17) is 5.73 Å². The van der Waals surface area contributed by atoms with Gasteiger partial charge in [-0.1, -0.05) is 149 Å². The SMILES string of the molecule is CC12CC3CC(C1)CC([NH-])(C3)C2.CC1=[C-]C(C)C(C)=C1C.[CH3-].[SiH2]c1ccccc1.[Zr+3].c1ccc(-c2ccccc2)cc1. The van der Waals surface area contributed by atoms with E-state index in [0.29, 0.717) is 11.3 Å². The van der Waals surface area contributed by atoms with Crippen molar-refractivity contribution in [3.63, 3.8) is 0 Å². The molecule has 0 aliphatic heterocycles. The second-order valence-corrected chi connectivity index (χ2v) is 13.9. The molecule has 3 heteroatoms. The molecule has 3 aromatic carbocycles. The second-order valence-electron chi connectivity index (χ2n) is 13.1. The topological polar surface area (TPSA) is 23.8 Å². The van der Waals surface area contributed by atoms with E-state index in [1.807, 2.05) is 40.6 Å². The number of allylic oxidation sites excluding steroid dienone is 4. The molecule has 4 fully saturated rings. The molecule has 4 bridgehead atoms. The Morgan fingerprint density at radius 3 is 1.43 bits per heavy atom. The van der Waals surface area contributed by atoms with Crippen molar-refractivity contribution in [3.05, 3.63) is 127 Å². The van der Waals surface area contributed by atoms with Crippen molar-refractivity contribution < 1.29 is 26.2 Å². The van der Waals surface area contributed by atoms with Crippen LogP contribution in [0.25, 0.3) is 16.9 Å². The zero-order valence-corrected chi connectivity index (χ0v) is 30.7. The van der Waals surface area contributed by atoms with E-state index in [1.54, 1.807) is 0 Å². The monoisotopic (exact) mass is 651 g/mol. The molecule has 4 saturated carbocycles. The first-order chi connectivity index (χ1) is 19.1. The zero-order chi connectivity index (χ0) is 28.8. The van der Waals surface area contributed by atoms with Gasteiger partial charge in [0.25, 0.3) is 0 Å². The first-order valence-corrected chi connectivity index (χ1v) is 15.8. The van der Waals surface area contributed by atoms with E-state index in [0.717, 1.165) is 11.8 Å². The molecule has 0 saturated heterocycles. The van der Waals surface area contributed by atoms with Gasteiger partial charge in [0.2, 0.25) is 0 Å². The summed E-state index contributed by atoms with van der Waals surface area (Å²) in [5.74, 6) is 2.41. The molecular formula is C39H51NSiZr. The minimum atomic E-state index is 0. The van der Waals surface area contributed by atoms with Crippen molar-refractivity contribution in [3.8, 4) is 11.1 Å². The van der Waals surface area contributed by atoms with Crippen molar-refractivity contribution in [2.24, 2.45) is 23.2 Å². The maximum absolute atomic E-state index is 8.34. The van der Waals surface area contributed by atoms with Crippen LogP contribution in [0.3, 0.4) is 0 Å². The van der Waals surface area contributed by atoms with Gasteiger partial charge in [0.05, 0.1) is 0 Å². The van der Waals surface area contributed by atoms with Gasteiger partial charge < -0.3 is 13.2 Å². The van der Waals surface area contributed by atoms with Crippen LogP contribution in [0.1, 0.15) is 73.1 Å². The van der Waals surface area contributed by atoms with Crippen molar-refractivity contribution in [2.45, 2.75) is 78.7 Å². The number of benzene rings is 3. The first-order valence-electron chi connectivity index (χ1n) is 15.1. The Hall–Kier alpha value is -1.80. The zero-order valence-electron chi connectivity index (χ0n) is 26.8. The van der Waals surface area contributed by atoms with E-state index in [9.17, 15) is 0 Å². The standard InChI is InChI=1S/C12H10.C11H18N.C9H13.C6H7Si.CH3.Zr/c1-3-7-11(8-4-1)12-9-5-2-6-10-12;1-10-3-8-2-9(4-10)6-11(12,5-8)7-10;1-6-5-7(2)9(4)8(6)3;7-6-4-2-1-3-5-6;;/h1-10H;8-9,12H,2-7H2,1H3;6H,1-4H3;1-5H,7H2;1H3;/q;2*-1;;-1;+3. The fourth-order valence-electron chi connectivity index (χ4n) is 7.62. The third kappa shape index (κ3) is 10.1. The number of hydrogen-bond donors (Lipinski definition) is 0. The maximum Gasteiger partial charge on any atom is 3.00 e. The molecule has 3 unspecified atom stereocenters. The van der Waals surface area contributed by atoms with Crippen LogP contribution in [0.15, 0.2) is 108 Å². The molecule has 5 aliphatic rings. The molecule has 1 N–H and O–H groups in total. The van der Waals surface area contributed by atoms with Gasteiger partial charge in [-0.3, -0.25) is 6.08 Å². The van der Waals surface area contributed by atoms with Crippen molar-refractivity contribution in [2.75, 3.05) is 0 Å². The summed E-state index contributed by atoms with van der Waals surface area (Å²) in [5, 5.41) is 1.35. The normalized spacial score (nSPS) is 27.9. The summed E-state index contributed by atoms with van der Waals surface area (Å²) >= 11 is 0. The molecule has 3 atom stereocenters. The molecule has 8 rings (SSSR count). The molecule has 220 valence electrons. The van der Waals surface area contributed by atoms with E-state index in [-0.39, 0.29) is 39.2 Å². The summed E-state index contributed by atoms with van der Waals surface area (Å²) in [6, 6.07) is 31.1. The molecule has 42 heavy (non-hydrogen) atoms. The minimum absolute atomic E-state index is 0. The largest absolute Gasteiger partial charge is 3.00 e. The van der Waals surface area contributed by atoms with Gasteiger partial charge >= 0.3 is 26.2 Å². The van der Waals surface area contributed by atoms with Gasteiger partial charge in [0.1, 0.15) is 0 Å².